The molecule has 0 saturated heterocycles. The third-order valence-electron chi connectivity index (χ3n) is 2.45. The second-order valence-electron chi connectivity index (χ2n) is 4.66. The highest BCUT2D eigenvalue weighted by atomic mass is 16.2. The van der Waals surface area contributed by atoms with E-state index in [2.05, 4.69) is 19.2 Å². The first-order chi connectivity index (χ1) is 7.57. The van der Waals surface area contributed by atoms with Gasteiger partial charge in [-0.05, 0) is 25.2 Å². The topological polar surface area (TPSA) is 75.4 Å². The maximum Gasteiger partial charge on any atom is 0.236 e. The Labute approximate surface area is 98.6 Å². The lowest BCUT2D eigenvalue weighted by atomic mass is 10.0. The second kappa shape index (κ2) is 9.60. The van der Waals surface area contributed by atoms with Crippen LogP contribution in [0.3, 0.4) is 0 Å². The zero-order valence-corrected chi connectivity index (χ0v) is 10.5. The third kappa shape index (κ3) is 8.68. The first kappa shape index (κ1) is 15.4. The van der Waals surface area contributed by atoms with Gasteiger partial charge < -0.3 is 16.2 Å². The van der Waals surface area contributed by atoms with Gasteiger partial charge in [-0.3, -0.25) is 4.79 Å². The molecule has 96 valence electrons. The summed E-state index contributed by atoms with van der Waals surface area (Å²) in [7, 11) is 0. The maximum absolute atomic E-state index is 11.5. The molecule has 4 N–H and O–H groups in total. The molecule has 0 fully saturated rings. The first-order valence-corrected chi connectivity index (χ1v) is 6.22. The van der Waals surface area contributed by atoms with E-state index in [1.807, 2.05) is 0 Å². The summed E-state index contributed by atoms with van der Waals surface area (Å²) >= 11 is 0. The van der Waals surface area contributed by atoms with E-state index in [9.17, 15) is 4.79 Å². The average molecular weight is 230 g/mol. The Morgan fingerprint density at radius 1 is 1.25 bits per heavy atom. The van der Waals surface area contributed by atoms with Crippen LogP contribution in [0.25, 0.3) is 0 Å². The van der Waals surface area contributed by atoms with E-state index in [0.29, 0.717) is 12.5 Å². The highest BCUT2D eigenvalue weighted by Gasteiger charge is 2.13. The van der Waals surface area contributed by atoms with Gasteiger partial charge in [-0.15, -0.1) is 0 Å². The molecule has 0 saturated carbocycles. The Hall–Kier alpha value is -0.610. The fourth-order valence-corrected chi connectivity index (χ4v) is 1.55. The van der Waals surface area contributed by atoms with Crippen LogP contribution >= 0.6 is 0 Å². The fraction of sp³-hybridized carbons (Fsp3) is 0.917. The van der Waals surface area contributed by atoms with E-state index in [4.69, 9.17) is 10.8 Å². The quantitative estimate of drug-likeness (QED) is 0.518. The van der Waals surface area contributed by atoms with Crippen LogP contribution in [-0.4, -0.2) is 30.2 Å². The van der Waals surface area contributed by atoms with Crippen LogP contribution in [0.5, 0.6) is 0 Å². The van der Waals surface area contributed by atoms with E-state index < -0.39 is 0 Å². The molecule has 0 heterocycles. The van der Waals surface area contributed by atoms with Crippen LogP contribution in [0.2, 0.25) is 0 Å². The summed E-state index contributed by atoms with van der Waals surface area (Å²) in [5.41, 5.74) is 5.74. The molecule has 16 heavy (non-hydrogen) atoms. The number of rotatable bonds is 9. The van der Waals surface area contributed by atoms with Crippen molar-refractivity contribution in [2.24, 2.45) is 11.7 Å². The van der Waals surface area contributed by atoms with Crippen molar-refractivity contribution in [3.63, 3.8) is 0 Å². The molecule has 4 nitrogen and oxygen atoms in total. The van der Waals surface area contributed by atoms with E-state index in [0.717, 1.165) is 32.1 Å². The number of nitrogens with two attached hydrogens (primary N) is 1. The molecule has 0 aromatic heterocycles. The van der Waals surface area contributed by atoms with Gasteiger partial charge in [-0.1, -0.05) is 26.7 Å². The smallest absolute Gasteiger partial charge is 0.236 e. The standard InChI is InChI=1S/C12H26N2O2/c1-10(2)9-11(13)12(16)14-7-5-3-4-6-8-15/h10-11,15H,3-9,13H2,1-2H3,(H,14,16). The molecule has 0 rings (SSSR count). The predicted octanol–water partition coefficient (Wildman–Crippen LogP) is 1.03. The van der Waals surface area contributed by atoms with E-state index >= 15 is 0 Å². The Morgan fingerprint density at radius 3 is 2.44 bits per heavy atom. The molecule has 4 heteroatoms. The van der Waals surface area contributed by atoms with Crippen LogP contribution in [0.1, 0.15) is 46.0 Å². The van der Waals surface area contributed by atoms with Gasteiger partial charge in [0.1, 0.15) is 0 Å². The van der Waals surface area contributed by atoms with Crippen LogP contribution in [-0.2, 0) is 4.79 Å². The molecule has 1 unspecified atom stereocenters. The summed E-state index contributed by atoms with van der Waals surface area (Å²) in [6, 6.07) is -0.377. The summed E-state index contributed by atoms with van der Waals surface area (Å²) in [5.74, 6) is 0.404. The molecular formula is C12H26N2O2. The zero-order chi connectivity index (χ0) is 12.4. The number of carbonyl (C=O) groups is 1. The summed E-state index contributed by atoms with van der Waals surface area (Å²) in [6.07, 6.45) is 4.60. The van der Waals surface area contributed by atoms with Crippen molar-refractivity contribution in [1.82, 2.24) is 5.32 Å². The van der Waals surface area contributed by atoms with E-state index in [-0.39, 0.29) is 18.6 Å². The van der Waals surface area contributed by atoms with Crippen LogP contribution in [0.15, 0.2) is 0 Å². The van der Waals surface area contributed by atoms with Crippen LogP contribution in [0.4, 0.5) is 0 Å². The summed E-state index contributed by atoms with van der Waals surface area (Å²) in [5, 5.41) is 11.4. The molecule has 1 amide bonds. The number of amides is 1. The second-order valence-corrected chi connectivity index (χ2v) is 4.66. The van der Waals surface area contributed by atoms with Crippen LogP contribution in [0, 0.1) is 5.92 Å². The number of hydrogen-bond donors (Lipinski definition) is 3. The molecule has 0 spiro atoms. The van der Waals surface area contributed by atoms with Crippen molar-refractivity contribution in [2.75, 3.05) is 13.2 Å². The minimum Gasteiger partial charge on any atom is -0.396 e. The number of aliphatic hydroxyl groups is 1. The van der Waals surface area contributed by atoms with Crippen molar-refractivity contribution < 1.29 is 9.90 Å². The summed E-state index contributed by atoms with van der Waals surface area (Å²) < 4.78 is 0. The van der Waals surface area contributed by atoms with Gasteiger partial charge in [0.05, 0.1) is 6.04 Å². The predicted molar refractivity (Wildman–Crippen MR) is 66.0 cm³/mol. The highest BCUT2D eigenvalue weighted by Crippen LogP contribution is 2.02. The van der Waals surface area contributed by atoms with Crippen molar-refractivity contribution in [3.05, 3.63) is 0 Å². The molecule has 0 radical (unpaired) electrons. The largest absolute Gasteiger partial charge is 0.396 e. The van der Waals surface area contributed by atoms with Crippen molar-refractivity contribution >= 4 is 5.91 Å². The minimum absolute atomic E-state index is 0.0455. The summed E-state index contributed by atoms with van der Waals surface area (Å²) in [6.45, 7) is 5.06. The van der Waals surface area contributed by atoms with Gasteiger partial charge in [0.25, 0.3) is 0 Å². The molecular weight excluding hydrogens is 204 g/mol. The lowest BCUT2D eigenvalue weighted by Gasteiger charge is -2.13. The summed E-state index contributed by atoms with van der Waals surface area (Å²) in [4.78, 5) is 11.5. The normalized spacial score (nSPS) is 12.8. The Balaban J connectivity index is 3.42. The van der Waals surface area contributed by atoms with Gasteiger partial charge in [0, 0.05) is 13.2 Å². The SMILES string of the molecule is CC(C)CC(N)C(=O)NCCCCCCO. The molecule has 0 aromatic carbocycles. The van der Waals surface area contributed by atoms with Gasteiger partial charge >= 0.3 is 0 Å². The van der Waals surface area contributed by atoms with Gasteiger partial charge in [0.15, 0.2) is 0 Å². The lowest BCUT2D eigenvalue weighted by Crippen LogP contribution is -2.41. The Kier molecular flexibility index (Phi) is 9.24. The monoisotopic (exact) mass is 230 g/mol. The molecule has 0 bridgehead atoms. The number of hydrogen-bond acceptors (Lipinski definition) is 3. The molecule has 1 atom stereocenters. The molecule has 0 aliphatic carbocycles. The average Bonchev–Trinajstić information content (AvgIpc) is 2.21. The van der Waals surface area contributed by atoms with Gasteiger partial charge in [-0.25, -0.2) is 0 Å². The molecule has 0 aliphatic heterocycles. The van der Waals surface area contributed by atoms with Crippen LogP contribution < -0.4 is 11.1 Å². The molecule has 0 aromatic rings. The van der Waals surface area contributed by atoms with E-state index in [1.54, 1.807) is 0 Å². The zero-order valence-electron chi connectivity index (χ0n) is 10.5. The number of aliphatic hydroxyl groups excluding tert-OH is 1. The van der Waals surface area contributed by atoms with E-state index in [1.165, 1.54) is 0 Å². The van der Waals surface area contributed by atoms with Gasteiger partial charge in [0.2, 0.25) is 5.91 Å². The minimum atomic E-state index is -0.377. The first-order valence-electron chi connectivity index (χ1n) is 6.22. The maximum atomic E-state index is 11.5. The molecule has 0 aliphatic rings. The third-order valence-corrected chi connectivity index (χ3v) is 2.45. The number of nitrogens with one attached hydrogen (secondary N) is 1. The Bertz CT molecular complexity index is 184. The number of unbranched alkanes of at least 4 members (excludes halogenated alkanes) is 3. The van der Waals surface area contributed by atoms with Crippen molar-refractivity contribution in [3.8, 4) is 0 Å². The fourth-order valence-electron chi connectivity index (χ4n) is 1.55. The van der Waals surface area contributed by atoms with Crippen molar-refractivity contribution in [2.45, 2.75) is 52.0 Å². The lowest BCUT2D eigenvalue weighted by molar-refractivity contribution is -0.122. The number of carbonyl (C=O) groups excluding carboxylic acids is 1. The van der Waals surface area contributed by atoms with Crippen molar-refractivity contribution in [1.29, 1.82) is 0 Å². The van der Waals surface area contributed by atoms with Gasteiger partial charge in [-0.2, -0.15) is 0 Å². The highest BCUT2D eigenvalue weighted by molar-refractivity contribution is 5.81. The Morgan fingerprint density at radius 2 is 1.88 bits per heavy atom.